The minimum absolute atomic E-state index is 0.00217. The van der Waals surface area contributed by atoms with E-state index in [0.717, 1.165) is 167 Å². The minimum Gasteiger partial charge on any atom is -0.462 e. The molecule has 0 bridgehead atoms. The lowest BCUT2D eigenvalue weighted by atomic mass is 9.79. The number of nitrogens with one attached hydrogen (secondary N) is 10. The van der Waals surface area contributed by atoms with Gasteiger partial charge in [-0.15, -0.1) is 0 Å². The summed E-state index contributed by atoms with van der Waals surface area (Å²) in [5, 5.41) is 29.4. The number of rotatable bonds is 41. The van der Waals surface area contributed by atoms with Gasteiger partial charge in [0.2, 0.25) is 11.8 Å². The number of esters is 5. The van der Waals surface area contributed by atoms with E-state index in [-0.39, 0.29) is 71.5 Å². The second kappa shape index (κ2) is 54.6. The quantitative estimate of drug-likeness (QED) is 0.00894. The van der Waals surface area contributed by atoms with E-state index in [2.05, 4.69) is 86.1 Å². The van der Waals surface area contributed by atoms with Gasteiger partial charge in [-0.05, 0) is 229 Å². The van der Waals surface area contributed by atoms with Crippen LogP contribution in [0.3, 0.4) is 0 Å². The van der Waals surface area contributed by atoms with Crippen molar-refractivity contribution in [3.8, 4) is 0 Å². The van der Waals surface area contributed by atoms with Crippen molar-refractivity contribution in [2.75, 3.05) is 33.0 Å². The Bertz CT molecular complexity index is 3340. The number of allylic oxidation sites excluding steroid dienone is 3. The van der Waals surface area contributed by atoms with Crippen molar-refractivity contribution in [3.05, 3.63) is 96.1 Å². The first-order chi connectivity index (χ1) is 51.9. The number of hydrogen-bond acceptors (Lipinski definition) is 20. The molecule has 30 heteroatoms. The molecule has 7 aliphatic rings. The lowest BCUT2D eigenvalue weighted by Crippen LogP contribution is -2.32. The molecule has 0 aromatic rings. The van der Waals surface area contributed by atoms with Gasteiger partial charge in [0, 0.05) is 27.9 Å². The molecular formula is C79H118N10O15S5. The van der Waals surface area contributed by atoms with Crippen molar-refractivity contribution in [3.63, 3.8) is 0 Å². The second-order valence-electron chi connectivity index (χ2n) is 28.4. The molecule has 2 unspecified atom stereocenters. The molecule has 2 aliphatic carbocycles. The van der Waals surface area contributed by atoms with E-state index in [1.165, 1.54) is 38.5 Å². The molecule has 7 rings (SSSR count). The monoisotopic (exact) mass is 1610 g/mol. The fraction of sp³-hybridized carbons (Fsp3) is 0.608. The van der Waals surface area contributed by atoms with Crippen LogP contribution < -0.4 is 53.2 Å². The third-order valence-corrected chi connectivity index (χ3v) is 19.4. The number of ether oxygens (including phenoxy) is 5. The molecule has 2 atom stereocenters. The Morgan fingerprint density at radius 3 is 0.963 bits per heavy atom. The van der Waals surface area contributed by atoms with Gasteiger partial charge in [0.25, 0.3) is 17.7 Å². The predicted octanol–water partition coefficient (Wildman–Crippen LogP) is 11.9. The van der Waals surface area contributed by atoms with Crippen molar-refractivity contribution in [1.29, 1.82) is 0 Å². The van der Waals surface area contributed by atoms with Crippen LogP contribution >= 0.6 is 61.1 Å². The zero-order valence-electron chi connectivity index (χ0n) is 64.6. The minimum atomic E-state index is -0.320. The van der Waals surface area contributed by atoms with Crippen molar-refractivity contribution in [1.82, 2.24) is 53.2 Å². The van der Waals surface area contributed by atoms with Gasteiger partial charge in [0.05, 0.1) is 33.0 Å². The van der Waals surface area contributed by atoms with Gasteiger partial charge in [0.15, 0.2) is 25.6 Å². The smallest absolute Gasteiger partial charge is 0.333 e. The van der Waals surface area contributed by atoms with Gasteiger partial charge in [0.1, 0.15) is 29.2 Å². The number of thiocarbonyl (C=S) groups is 5. The van der Waals surface area contributed by atoms with Crippen molar-refractivity contribution < 1.29 is 71.6 Å². The van der Waals surface area contributed by atoms with E-state index in [1.54, 1.807) is 34.6 Å². The molecule has 5 saturated heterocycles. The summed E-state index contributed by atoms with van der Waals surface area (Å²) >= 11 is 24.5. The molecule has 109 heavy (non-hydrogen) atoms. The molecular weight excluding hydrogens is 1490 g/mol. The first-order valence-electron chi connectivity index (χ1n) is 38.3. The van der Waals surface area contributed by atoms with Crippen molar-refractivity contribution in [2.45, 2.75) is 252 Å². The highest BCUT2D eigenvalue weighted by molar-refractivity contribution is 7.81. The number of carbonyl (C=O) groups is 10. The first kappa shape index (κ1) is 95.3. The molecule has 5 heterocycles. The molecule has 0 aromatic heterocycles. The van der Waals surface area contributed by atoms with Crippen molar-refractivity contribution >= 4 is 146 Å². The molecule has 604 valence electrons. The summed E-state index contributed by atoms with van der Waals surface area (Å²) in [6.07, 6.45) is 39.1. The maximum atomic E-state index is 11.6. The third kappa shape index (κ3) is 42.7. The Morgan fingerprint density at radius 1 is 0.349 bits per heavy atom. The Labute approximate surface area is 671 Å². The molecule has 25 nitrogen and oxygen atoms in total. The maximum absolute atomic E-state index is 11.6. The Balaban J connectivity index is 0.000000353. The van der Waals surface area contributed by atoms with Crippen molar-refractivity contribution in [2.24, 2.45) is 23.7 Å². The van der Waals surface area contributed by atoms with Crippen LogP contribution in [-0.4, -0.2) is 130 Å². The summed E-state index contributed by atoms with van der Waals surface area (Å²) in [5.74, 6) is -0.278. The highest BCUT2D eigenvalue weighted by Gasteiger charge is 2.33. The average molecular weight is 1610 g/mol. The van der Waals surface area contributed by atoms with Crippen LogP contribution in [0.4, 0.5) is 0 Å². The maximum Gasteiger partial charge on any atom is 0.333 e. The zero-order chi connectivity index (χ0) is 80.6. The van der Waals surface area contributed by atoms with Crippen LogP contribution in [0.5, 0.6) is 0 Å². The normalized spacial score (nSPS) is 20.6. The SMILES string of the molecule is C=C(C)C(=O)OCC1CCC(/C=C2\NC(=S)NC2=O)CC1.C=C(C)C(=O)OCC1CCC(CC2NC(=S)NC2=O)CC1.C=C(C)C(=O)OCCCCCCC/C=C1\NC(=S)NC1=O.C=C(C)C(=O)OCCCCCCCCC/C=C1\NC(=S)NC1=O.C=C(C)C(=O)OCCCCCCCCCCC1NC(=S)NC1=O. The fourth-order valence-electron chi connectivity index (χ4n) is 12.0. The highest BCUT2D eigenvalue weighted by atomic mass is 32.1. The molecule has 7 fully saturated rings. The van der Waals surface area contributed by atoms with Crippen LogP contribution in [-0.2, 0) is 71.6 Å². The molecule has 5 aliphatic heterocycles. The predicted molar refractivity (Wildman–Crippen MR) is 442 cm³/mol. The van der Waals surface area contributed by atoms with Gasteiger partial charge in [-0.25, -0.2) is 24.0 Å². The standard InChI is InChI=1S/C17H28N2O3S.C17H26N2O3S.C15H22N2O3S.C15H20N2O3S.C15H22N2O3S/c2*1-13(2)16(21)22-12-10-8-6-4-3-5-7-9-11-14-15(20)19-17(23)18-14;2*1-9(2)14(19)20-8-11-5-3-10(4-6-11)7-12-13(18)17-15(21)16-12;1-11(2)14(19)20-10-8-6-4-3-5-7-9-12-13(18)17-15(21)16-12/h14H,1,3-12H2,2H3,(H2,18,19,20,23);11H,1,3-10,12H2,2H3,(H2,18,19,20,23);10-12H,1,3-8H2,2H3,(H2,16,17,18,21);7,10-11H,1,3-6,8H2,2H3,(H2,16,17,18,21);9H,1,3-8,10H2,2H3,(H2,16,17,18,21)/b;14-11-;;12-7-;12-9-. The van der Waals surface area contributed by atoms with Crippen LogP contribution in [0, 0.1) is 23.7 Å². The number of hydrogen-bond donors (Lipinski definition) is 10. The molecule has 0 radical (unpaired) electrons. The van der Waals surface area contributed by atoms with Gasteiger partial charge < -0.3 is 60.9 Å². The Morgan fingerprint density at radius 2 is 0.642 bits per heavy atom. The van der Waals surface area contributed by atoms with Gasteiger partial charge >= 0.3 is 29.8 Å². The molecule has 0 spiro atoms. The largest absolute Gasteiger partial charge is 0.462 e. The van der Waals surface area contributed by atoms with E-state index in [9.17, 15) is 47.9 Å². The summed E-state index contributed by atoms with van der Waals surface area (Å²) < 4.78 is 25.5. The summed E-state index contributed by atoms with van der Waals surface area (Å²) in [6.45, 7) is 28.4. The molecule has 5 amide bonds. The zero-order valence-corrected chi connectivity index (χ0v) is 68.6. The number of carbonyl (C=O) groups excluding carboxylic acids is 10. The van der Waals surface area contributed by atoms with E-state index in [0.29, 0.717) is 127 Å². The van der Waals surface area contributed by atoms with Gasteiger partial charge in [-0.3, -0.25) is 39.9 Å². The van der Waals surface area contributed by atoms with E-state index < -0.39 is 0 Å². The summed E-state index contributed by atoms with van der Waals surface area (Å²) in [7, 11) is 0. The molecule has 2 saturated carbocycles. The Hall–Kier alpha value is -7.93. The van der Waals surface area contributed by atoms with Crippen LogP contribution in [0.1, 0.15) is 240 Å². The van der Waals surface area contributed by atoms with E-state index >= 15 is 0 Å². The number of amides is 5. The topological polar surface area (TPSA) is 337 Å². The van der Waals surface area contributed by atoms with Gasteiger partial charge in [-0.2, -0.15) is 0 Å². The van der Waals surface area contributed by atoms with Crippen LogP contribution in [0.2, 0.25) is 0 Å². The van der Waals surface area contributed by atoms with Gasteiger partial charge in [-0.1, -0.05) is 147 Å². The fourth-order valence-corrected chi connectivity index (χ4v) is 13.1. The summed E-state index contributed by atoms with van der Waals surface area (Å²) in [4.78, 5) is 114. The first-order valence-corrected chi connectivity index (χ1v) is 40.3. The third-order valence-electron chi connectivity index (χ3n) is 18.3. The second-order valence-corrected chi connectivity index (χ2v) is 30.5. The average Bonchev–Trinajstić information content (AvgIpc) is 1.66. The lowest BCUT2D eigenvalue weighted by Gasteiger charge is -2.29. The Kier molecular flexibility index (Phi) is 47.8. The molecule has 0 aromatic carbocycles. The highest BCUT2D eigenvalue weighted by Crippen LogP contribution is 2.33. The van der Waals surface area contributed by atoms with E-state index in [1.807, 2.05) is 18.2 Å². The summed E-state index contributed by atoms with van der Waals surface area (Å²) in [6, 6.07) is -0.315. The summed E-state index contributed by atoms with van der Waals surface area (Å²) in [5.41, 5.74) is 3.89. The lowest BCUT2D eigenvalue weighted by molar-refractivity contribution is -0.141. The molecule has 10 N–H and O–H groups in total. The van der Waals surface area contributed by atoms with Crippen LogP contribution in [0.15, 0.2) is 96.1 Å². The van der Waals surface area contributed by atoms with E-state index in [4.69, 9.17) is 84.8 Å². The van der Waals surface area contributed by atoms with Crippen LogP contribution in [0.25, 0.3) is 0 Å². The number of unbranched alkanes of at least 4 members (excludes halogenated alkanes) is 19.